The van der Waals surface area contributed by atoms with Gasteiger partial charge in [-0.2, -0.15) is 11.8 Å². The van der Waals surface area contributed by atoms with Crippen LogP contribution in [0.5, 0.6) is 0 Å². The minimum absolute atomic E-state index is 0.196. The highest BCUT2D eigenvalue weighted by Gasteiger charge is 2.26. The standard InChI is InChI=1S/C7H13NO2S/c1-3-10-7(9)8(2)6-4-11-5-6/h6H,3-5H2,1-2H3. The van der Waals surface area contributed by atoms with Gasteiger partial charge in [0, 0.05) is 18.6 Å². The molecule has 0 aromatic heterocycles. The molecule has 64 valence electrons. The van der Waals surface area contributed by atoms with Crippen LogP contribution in [0.15, 0.2) is 0 Å². The number of ether oxygens (including phenoxy) is 1. The summed E-state index contributed by atoms with van der Waals surface area (Å²) in [6, 6.07) is 0.402. The third-order valence-electron chi connectivity index (χ3n) is 1.72. The average molecular weight is 175 g/mol. The second-order valence-electron chi connectivity index (χ2n) is 2.50. The monoisotopic (exact) mass is 175 g/mol. The summed E-state index contributed by atoms with van der Waals surface area (Å²) in [5.41, 5.74) is 0. The van der Waals surface area contributed by atoms with Crippen molar-refractivity contribution in [2.75, 3.05) is 25.2 Å². The van der Waals surface area contributed by atoms with Crippen LogP contribution in [0, 0.1) is 0 Å². The molecule has 4 heteroatoms. The minimum atomic E-state index is -0.196. The van der Waals surface area contributed by atoms with Crippen molar-refractivity contribution in [3.05, 3.63) is 0 Å². The van der Waals surface area contributed by atoms with Gasteiger partial charge in [-0.1, -0.05) is 0 Å². The molecule has 0 atom stereocenters. The van der Waals surface area contributed by atoms with Gasteiger partial charge in [0.25, 0.3) is 0 Å². The molecule has 0 saturated carbocycles. The van der Waals surface area contributed by atoms with Gasteiger partial charge in [-0.05, 0) is 6.92 Å². The molecular weight excluding hydrogens is 162 g/mol. The van der Waals surface area contributed by atoms with E-state index in [1.165, 1.54) is 0 Å². The summed E-state index contributed by atoms with van der Waals surface area (Å²) in [5.74, 6) is 2.10. The van der Waals surface area contributed by atoms with Gasteiger partial charge in [0.1, 0.15) is 0 Å². The van der Waals surface area contributed by atoms with Gasteiger partial charge >= 0.3 is 6.09 Å². The van der Waals surface area contributed by atoms with E-state index >= 15 is 0 Å². The van der Waals surface area contributed by atoms with Gasteiger partial charge in [0.05, 0.1) is 12.6 Å². The fourth-order valence-corrected chi connectivity index (χ4v) is 1.71. The maximum Gasteiger partial charge on any atom is 0.409 e. The largest absolute Gasteiger partial charge is 0.450 e. The Kier molecular flexibility index (Phi) is 3.05. The first-order valence-corrected chi connectivity index (χ1v) is 4.88. The highest BCUT2D eigenvalue weighted by Crippen LogP contribution is 2.22. The number of carbonyl (C=O) groups excluding carboxylic acids is 1. The first kappa shape index (κ1) is 8.71. The van der Waals surface area contributed by atoms with Crippen molar-refractivity contribution in [3.63, 3.8) is 0 Å². The average Bonchev–Trinajstić information content (AvgIpc) is 1.84. The smallest absolute Gasteiger partial charge is 0.409 e. The number of carbonyl (C=O) groups is 1. The van der Waals surface area contributed by atoms with E-state index in [0.717, 1.165) is 11.5 Å². The number of hydrogen-bond donors (Lipinski definition) is 0. The first-order valence-electron chi connectivity index (χ1n) is 3.73. The van der Waals surface area contributed by atoms with E-state index in [9.17, 15) is 4.79 Å². The second-order valence-corrected chi connectivity index (χ2v) is 3.58. The number of thioether (sulfide) groups is 1. The summed E-state index contributed by atoms with van der Waals surface area (Å²) < 4.78 is 4.84. The SMILES string of the molecule is CCOC(=O)N(C)C1CSC1. The maximum atomic E-state index is 11.1. The van der Waals surface area contributed by atoms with Crippen LogP contribution in [0.25, 0.3) is 0 Å². The molecule has 0 N–H and O–H groups in total. The Morgan fingerprint density at radius 2 is 2.36 bits per heavy atom. The fraction of sp³-hybridized carbons (Fsp3) is 0.857. The predicted molar refractivity (Wildman–Crippen MR) is 45.9 cm³/mol. The van der Waals surface area contributed by atoms with Crippen molar-refractivity contribution in [2.24, 2.45) is 0 Å². The van der Waals surface area contributed by atoms with Crippen LogP contribution in [-0.2, 0) is 4.74 Å². The molecule has 0 bridgehead atoms. The van der Waals surface area contributed by atoms with Crippen LogP contribution in [0.3, 0.4) is 0 Å². The van der Waals surface area contributed by atoms with Crippen LogP contribution < -0.4 is 0 Å². The summed E-state index contributed by atoms with van der Waals surface area (Å²) in [7, 11) is 1.79. The highest BCUT2D eigenvalue weighted by atomic mass is 32.2. The van der Waals surface area contributed by atoms with Crippen LogP contribution in [0.1, 0.15) is 6.92 Å². The van der Waals surface area contributed by atoms with E-state index in [0.29, 0.717) is 12.6 Å². The topological polar surface area (TPSA) is 29.5 Å². The lowest BCUT2D eigenvalue weighted by molar-refractivity contribution is 0.107. The molecule has 1 saturated heterocycles. The summed E-state index contributed by atoms with van der Waals surface area (Å²) in [5, 5.41) is 0. The predicted octanol–water partition coefficient (Wildman–Crippen LogP) is 1.19. The molecule has 0 aromatic rings. The third-order valence-corrected chi connectivity index (χ3v) is 2.96. The van der Waals surface area contributed by atoms with Crippen LogP contribution in [0.4, 0.5) is 4.79 Å². The Labute approximate surface area is 71.1 Å². The molecule has 0 unspecified atom stereocenters. The fourth-order valence-electron chi connectivity index (χ4n) is 0.821. The molecule has 1 rings (SSSR count). The number of hydrogen-bond acceptors (Lipinski definition) is 3. The molecular formula is C7H13NO2S. The number of nitrogens with zero attached hydrogens (tertiary/aromatic N) is 1. The summed E-state index contributed by atoms with van der Waals surface area (Å²) >= 11 is 1.86. The molecule has 1 aliphatic rings. The lowest BCUT2D eigenvalue weighted by Gasteiger charge is -2.33. The molecule has 1 heterocycles. The molecule has 0 spiro atoms. The van der Waals surface area contributed by atoms with Gasteiger partial charge in [-0.3, -0.25) is 0 Å². The van der Waals surface area contributed by atoms with Gasteiger partial charge in [0.2, 0.25) is 0 Å². The molecule has 3 nitrogen and oxygen atoms in total. The van der Waals surface area contributed by atoms with Crippen molar-refractivity contribution < 1.29 is 9.53 Å². The van der Waals surface area contributed by atoms with Gasteiger partial charge in [-0.25, -0.2) is 4.79 Å². The minimum Gasteiger partial charge on any atom is -0.450 e. The van der Waals surface area contributed by atoms with Crippen molar-refractivity contribution in [1.82, 2.24) is 4.90 Å². The zero-order valence-corrected chi connectivity index (χ0v) is 7.69. The van der Waals surface area contributed by atoms with Gasteiger partial charge in [0.15, 0.2) is 0 Å². The highest BCUT2D eigenvalue weighted by molar-refractivity contribution is 8.00. The number of rotatable bonds is 2. The first-order chi connectivity index (χ1) is 5.25. The van der Waals surface area contributed by atoms with Crippen molar-refractivity contribution in [3.8, 4) is 0 Å². The molecule has 1 aliphatic heterocycles. The Morgan fingerprint density at radius 3 is 2.73 bits per heavy atom. The summed E-state index contributed by atoms with van der Waals surface area (Å²) in [6.07, 6.45) is -0.196. The Bertz CT molecular complexity index is 147. The van der Waals surface area contributed by atoms with Gasteiger partial charge in [-0.15, -0.1) is 0 Å². The van der Waals surface area contributed by atoms with E-state index in [1.54, 1.807) is 11.9 Å². The van der Waals surface area contributed by atoms with E-state index in [-0.39, 0.29) is 6.09 Å². The van der Waals surface area contributed by atoms with Crippen molar-refractivity contribution in [2.45, 2.75) is 13.0 Å². The Morgan fingerprint density at radius 1 is 1.73 bits per heavy atom. The zero-order chi connectivity index (χ0) is 8.27. The van der Waals surface area contributed by atoms with E-state index in [4.69, 9.17) is 4.74 Å². The Hall–Kier alpha value is -0.380. The van der Waals surface area contributed by atoms with E-state index in [2.05, 4.69) is 0 Å². The normalized spacial score (nSPS) is 17.3. The van der Waals surface area contributed by atoms with Crippen LogP contribution in [-0.4, -0.2) is 42.2 Å². The summed E-state index contributed by atoms with van der Waals surface area (Å²) in [6.45, 7) is 2.28. The van der Waals surface area contributed by atoms with E-state index < -0.39 is 0 Å². The maximum absolute atomic E-state index is 11.1. The third kappa shape index (κ3) is 2.02. The van der Waals surface area contributed by atoms with E-state index in [1.807, 2.05) is 18.7 Å². The molecule has 0 aromatic carbocycles. The van der Waals surface area contributed by atoms with Crippen molar-refractivity contribution in [1.29, 1.82) is 0 Å². The molecule has 0 aliphatic carbocycles. The molecule has 0 radical (unpaired) electrons. The Balaban J connectivity index is 2.27. The molecule has 1 fully saturated rings. The zero-order valence-electron chi connectivity index (χ0n) is 6.87. The second kappa shape index (κ2) is 3.85. The lowest BCUT2D eigenvalue weighted by atomic mass is 10.3. The van der Waals surface area contributed by atoms with Crippen LogP contribution >= 0.6 is 11.8 Å². The molecule has 1 amide bonds. The molecule has 11 heavy (non-hydrogen) atoms. The quantitative estimate of drug-likeness (QED) is 0.631. The van der Waals surface area contributed by atoms with Gasteiger partial charge < -0.3 is 9.64 Å². The lowest BCUT2D eigenvalue weighted by Crippen LogP contribution is -2.45. The van der Waals surface area contributed by atoms with Crippen molar-refractivity contribution >= 4 is 17.9 Å². The van der Waals surface area contributed by atoms with Crippen LogP contribution in [0.2, 0.25) is 0 Å². The summed E-state index contributed by atoms with van der Waals surface area (Å²) in [4.78, 5) is 12.8. The number of amides is 1.